The summed E-state index contributed by atoms with van der Waals surface area (Å²) in [5, 5.41) is 17.4. The molecule has 1 rings (SSSR count). The maximum atomic E-state index is 9.55. The normalized spacial score (nSPS) is 15.3. The first kappa shape index (κ1) is 14.7. The number of hydrogen-bond donors (Lipinski definition) is 2. The van der Waals surface area contributed by atoms with Crippen LogP contribution in [0.1, 0.15) is 32.2 Å². The summed E-state index contributed by atoms with van der Waals surface area (Å²) in [7, 11) is 0. The molecule has 1 heterocycles. The van der Waals surface area contributed by atoms with Gasteiger partial charge in [-0.1, -0.05) is 13.8 Å². The molecule has 0 aliphatic heterocycles. The van der Waals surface area contributed by atoms with Gasteiger partial charge < -0.3 is 10.4 Å². The third-order valence-electron chi connectivity index (χ3n) is 2.78. The highest BCUT2D eigenvalue weighted by Crippen LogP contribution is 2.21. The van der Waals surface area contributed by atoms with Gasteiger partial charge in [0.1, 0.15) is 0 Å². The summed E-state index contributed by atoms with van der Waals surface area (Å²) in [6.07, 6.45) is 0. The van der Waals surface area contributed by atoms with Crippen molar-refractivity contribution in [2.45, 2.75) is 52.7 Å². The fourth-order valence-electron chi connectivity index (χ4n) is 2.00. The lowest BCUT2D eigenvalue weighted by atomic mass is 10.0. The van der Waals surface area contributed by atoms with Crippen LogP contribution in [0.3, 0.4) is 0 Å². The molecule has 2 N–H and O–H groups in total. The number of nitrogens with one attached hydrogen (secondary N) is 1. The summed E-state index contributed by atoms with van der Waals surface area (Å²) in [5.74, 6) is 0. The summed E-state index contributed by atoms with van der Waals surface area (Å²) in [6.45, 7) is 10.9. The molecule has 0 radical (unpaired) electrons. The Morgan fingerprint density at radius 1 is 1.47 bits per heavy atom. The summed E-state index contributed by atoms with van der Waals surface area (Å²) < 4.78 is 2.98. The van der Waals surface area contributed by atoms with Gasteiger partial charge in [0.25, 0.3) is 0 Å². The molecule has 1 atom stereocenters. The van der Waals surface area contributed by atoms with Crippen LogP contribution in [0.5, 0.6) is 0 Å². The third kappa shape index (κ3) is 3.53. The van der Waals surface area contributed by atoms with Crippen LogP contribution in [0, 0.1) is 13.8 Å². The molecule has 98 valence electrons. The van der Waals surface area contributed by atoms with E-state index in [0.29, 0.717) is 12.6 Å². The van der Waals surface area contributed by atoms with Crippen LogP contribution in [0.4, 0.5) is 0 Å². The third-order valence-corrected chi connectivity index (χ3v) is 3.93. The van der Waals surface area contributed by atoms with Crippen LogP contribution in [-0.2, 0) is 6.54 Å². The number of rotatable bonds is 5. The van der Waals surface area contributed by atoms with Gasteiger partial charge in [-0.15, -0.1) is 0 Å². The van der Waals surface area contributed by atoms with Crippen LogP contribution >= 0.6 is 15.9 Å². The van der Waals surface area contributed by atoms with E-state index in [1.165, 1.54) is 0 Å². The lowest BCUT2D eigenvalue weighted by molar-refractivity contribution is 0.144. The zero-order valence-corrected chi connectivity index (χ0v) is 12.8. The Balaban J connectivity index is 2.91. The van der Waals surface area contributed by atoms with Crippen molar-refractivity contribution < 1.29 is 5.11 Å². The van der Waals surface area contributed by atoms with E-state index in [4.69, 9.17) is 0 Å². The molecule has 0 amide bonds. The van der Waals surface area contributed by atoms with Crippen molar-refractivity contribution in [2.24, 2.45) is 0 Å². The highest BCUT2D eigenvalue weighted by molar-refractivity contribution is 9.10. The van der Waals surface area contributed by atoms with Crippen molar-refractivity contribution in [3.63, 3.8) is 0 Å². The Morgan fingerprint density at radius 3 is 2.41 bits per heavy atom. The molecular weight excluding hydrogens is 282 g/mol. The molecule has 0 bridgehead atoms. The van der Waals surface area contributed by atoms with Crippen LogP contribution in [0.25, 0.3) is 0 Å². The number of aromatic nitrogens is 2. The van der Waals surface area contributed by atoms with E-state index in [-0.39, 0.29) is 12.1 Å². The van der Waals surface area contributed by atoms with E-state index in [2.05, 4.69) is 40.2 Å². The van der Waals surface area contributed by atoms with Crippen molar-refractivity contribution in [3.8, 4) is 0 Å². The molecule has 0 aliphatic rings. The standard InChI is InChI=1S/C12H22BrN3O/c1-8(2)14-12(5,7-17)6-16-10(4)11(13)9(3)15-16/h8,14,17H,6-7H2,1-5H3. The van der Waals surface area contributed by atoms with E-state index in [1.54, 1.807) is 0 Å². The largest absolute Gasteiger partial charge is 0.394 e. The smallest absolute Gasteiger partial charge is 0.0738 e. The molecule has 1 aromatic heterocycles. The van der Waals surface area contributed by atoms with E-state index in [0.717, 1.165) is 15.9 Å². The van der Waals surface area contributed by atoms with Crippen LogP contribution in [0.15, 0.2) is 4.47 Å². The van der Waals surface area contributed by atoms with Crippen LogP contribution in [0.2, 0.25) is 0 Å². The van der Waals surface area contributed by atoms with Crippen molar-refractivity contribution in [2.75, 3.05) is 6.61 Å². The highest BCUT2D eigenvalue weighted by Gasteiger charge is 2.26. The van der Waals surface area contributed by atoms with Gasteiger partial charge in [0.05, 0.1) is 28.9 Å². The Hall–Kier alpha value is -0.390. The lowest BCUT2D eigenvalue weighted by Gasteiger charge is -2.31. The molecule has 0 aliphatic carbocycles. The first-order valence-corrected chi connectivity index (χ1v) is 6.66. The molecule has 0 aromatic carbocycles. The fourth-order valence-corrected chi connectivity index (χ4v) is 2.28. The van der Waals surface area contributed by atoms with E-state index < -0.39 is 0 Å². The van der Waals surface area contributed by atoms with Gasteiger partial charge >= 0.3 is 0 Å². The average molecular weight is 304 g/mol. The second-order valence-electron chi connectivity index (χ2n) is 5.16. The molecule has 4 nitrogen and oxygen atoms in total. The number of aliphatic hydroxyl groups excluding tert-OH is 1. The Morgan fingerprint density at radius 2 is 2.06 bits per heavy atom. The predicted molar refractivity (Wildman–Crippen MR) is 73.2 cm³/mol. The Kier molecular flexibility index (Phi) is 4.75. The minimum atomic E-state index is -0.350. The molecule has 17 heavy (non-hydrogen) atoms. The lowest BCUT2D eigenvalue weighted by Crippen LogP contribution is -2.52. The minimum Gasteiger partial charge on any atom is -0.394 e. The predicted octanol–water partition coefficient (Wildman–Crippen LogP) is 2.01. The van der Waals surface area contributed by atoms with E-state index in [9.17, 15) is 5.11 Å². The second-order valence-corrected chi connectivity index (χ2v) is 5.95. The maximum Gasteiger partial charge on any atom is 0.0738 e. The van der Waals surface area contributed by atoms with Crippen molar-refractivity contribution in [1.29, 1.82) is 0 Å². The molecule has 0 saturated carbocycles. The van der Waals surface area contributed by atoms with Crippen molar-refractivity contribution in [1.82, 2.24) is 15.1 Å². The molecule has 5 heteroatoms. The average Bonchev–Trinajstić information content (AvgIpc) is 2.45. The second kappa shape index (κ2) is 5.50. The minimum absolute atomic E-state index is 0.0845. The zero-order valence-electron chi connectivity index (χ0n) is 11.2. The molecule has 0 fully saturated rings. The van der Waals surface area contributed by atoms with Crippen molar-refractivity contribution in [3.05, 3.63) is 15.9 Å². The molecule has 1 aromatic rings. The van der Waals surface area contributed by atoms with Crippen LogP contribution < -0.4 is 5.32 Å². The number of hydrogen-bond acceptors (Lipinski definition) is 3. The molecular formula is C12H22BrN3O. The zero-order chi connectivity index (χ0) is 13.2. The topological polar surface area (TPSA) is 50.1 Å². The van der Waals surface area contributed by atoms with Gasteiger partial charge in [-0.25, -0.2) is 0 Å². The highest BCUT2D eigenvalue weighted by atomic mass is 79.9. The molecule has 0 saturated heterocycles. The number of halogens is 1. The monoisotopic (exact) mass is 303 g/mol. The van der Waals surface area contributed by atoms with Gasteiger partial charge in [0.2, 0.25) is 0 Å². The van der Waals surface area contributed by atoms with Gasteiger partial charge in [-0.2, -0.15) is 5.10 Å². The number of aryl methyl sites for hydroxylation is 1. The molecule has 1 unspecified atom stereocenters. The SMILES string of the molecule is Cc1nn(CC(C)(CO)NC(C)C)c(C)c1Br. The Bertz CT molecular complexity index is 389. The van der Waals surface area contributed by atoms with Crippen LogP contribution in [-0.4, -0.2) is 33.1 Å². The maximum absolute atomic E-state index is 9.55. The van der Waals surface area contributed by atoms with Gasteiger partial charge in [-0.05, 0) is 36.7 Å². The Labute approximate surface area is 112 Å². The summed E-state index contributed by atoms with van der Waals surface area (Å²) in [4.78, 5) is 0. The number of aliphatic hydroxyl groups is 1. The van der Waals surface area contributed by atoms with E-state index in [1.807, 2.05) is 25.5 Å². The number of nitrogens with zero attached hydrogens (tertiary/aromatic N) is 2. The first-order chi connectivity index (χ1) is 7.79. The molecule has 0 spiro atoms. The van der Waals surface area contributed by atoms with Gasteiger partial charge in [-0.3, -0.25) is 4.68 Å². The van der Waals surface area contributed by atoms with E-state index >= 15 is 0 Å². The summed E-state index contributed by atoms with van der Waals surface area (Å²) in [6, 6.07) is 0.326. The van der Waals surface area contributed by atoms with Crippen molar-refractivity contribution >= 4 is 15.9 Å². The summed E-state index contributed by atoms with van der Waals surface area (Å²) >= 11 is 3.51. The van der Waals surface area contributed by atoms with Gasteiger partial charge in [0.15, 0.2) is 0 Å². The quantitative estimate of drug-likeness (QED) is 0.875. The fraction of sp³-hybridized carbons (Fsp3) is 0.750. The summed E-state index contributed by atoms with van der Waals surface area (Å²) in [5.41, 5.74) is 1.72. The first-order valence-electron chi connectivity index (χ1n) is 5.87. The van der Waals surface area contributed by atoms with Gasteiger partial charge in [0, 0.05) is 11.7 Å².